The summed E-state index contributed by atoms with van der Waals surface area (Å²) in [5.41, 5.74) is 0.838. The molecule has 1 aliphatic carbocycles. The molecule has 0 spiro atoms. The van der Waals surface area contributed by atoms with E-state index in [1.54, 1.807) is 4.90 Å². The highest BCUT2D eigenvalue weighted by Crippen LogP contribution is 2.35. The van der Waals surface area contributed by atoms with Gasteiger partial charge in [0.1, 0.15) is 6.04 Å². The van der Waals surface area contributed by atoms with Crippen molar-refractivity contribution in [2.24, 2.45) is 11.8 Å². The van der Waals surface area contributed by atoms with E-state index >= 15 is 0 Å². The van der Waals surface area contributed by atoms with Crippen LogP contribution in [0, 0.1) is 11.8 Å². The van der Waals surface area contributed by atoms with Crippen molar-refractivity contribution in [3.63, 3.8) is 0 Å². The molecular weight excluding hydrogens is 296 g/mol. The fourth-order valence-corrected chi connectivity index (χ4v) is 3.20. The molecule has 2 amide bonds. The smallest absolute Gasteiger partial charge is 0.309 e. The number of nitrogens with one attached hydrogen (secondary N) is 1. The van der Waals surface area contributed by atoms with Gasteiger partial charge in [0, 0.05) is 12.2 Å². The normalized spacial score (nSPS) is 26.6. The molecule has 3 atom stereocenters. The van der Waals surface area contributed by atoms with Gasteiger partial charge in [-0.2, -0.15) is 0 Å². The van der Waals surface area contributed by atoms with Crippen LogP contribution in [0.3, 0.4) is 0 Å². The van der Waals surface area contributed by atoms with E-state index in [4.69, 9.17) is 4.74 Å². The Morgan fingerprint density at radius 1 is 1.13 bits per heavy atom. The van der Waals surface area contributed by atoms with Crippen LogP contribution in [0.2, 0.25) is 0 Å². The lowest BCUT2D eigenvalue weighted by molar-refractivity contribution is -0.156. The van der Waals surface area contributed by atoms with Crippen molar-refractivity contribution in [3.05, 3.63) is 30.3 Å². The SMILES string of the molecule is COC(=O)[C@@H]1CC[C@H]1C(=O)N[C@@H]1CCN(c2ccccc2)C1=O. The number of amides is 2. The first kappa shape index (κ1) is 15.5. The highest BCUT2D eigenvalue weighted by molar-refractivity contribution is 6.01. The minimum absolute atomic E-state index is 0.0986. The molecule has 6 nitrogen and oxygen atoms in total. The largest absolute Gasteiger partial charge is 0.469 e. The first-order valence-electron chi connectivity index (χ1n) is 7.86. The Hall–Kier alpha value is -2.37. The third-order valence-corrected chi connectivity index (χ3v) is 4.70. The molecule has 1 saturated carbocycles. The van der Waals surface area contributed by atoms with Crippen molar-refractivity contribution in [1.82, 2.24) is 5.32 Å². The number of para-hydroxylation sites is 1. The van der Waals surface area contributed by atoms with E-state index in [0.717, 1.165) is 5.69 Å². The fraction of sp³-hybridized carbons (Fsp3) is 0.471. The molecule has 0 unspecified atom stereocenters. The van der Waals surface area contributed by atoms with Gasteiger partial charge in [0.15, 0.2) is 0 Å². The second-order valence-electron chi connectivity index (χ2n) is 5.99. The van der Waals surface area contributed by atoms with Gasteiger partial charge < -0.3 is 15.0 Å². The maximum absolute atomic E-state index is 12.5. The van der Waals surface area contributed by atoms with Crippen LogP contribution in [0.1, 0.15) is 19.3 Å². The van der Waals surface area contributed by atoms with Crippen molar-refractivity contribution in [1.29, 1.82) is 0 Å². The second kappa shape index (κ2) is 6.40. The highest BCUT2D eigenvalue weighted by atomic mass is 16.5. The lowest BCUT2D eigenvalue weighted by Crippen LogP contribution is -2.49. The second-order valence-corrected chi connectivity index (χ2v) is 5.99. The van der Waals surface area contributed by atoms with Crippen molar-refractivity contribution in [3.8, 4) is 0 Å². The standard InChI is InChI=1S/C17H20N2O4/c1-23-17(22)13-8-7-12(13)15(20)18-14-9-10-19(16(14)21)11-5-3-2-4-6-11/h2-6,12-14H,7-10H2,1H3,(H,18,20)/t12-,13-,14-/m1/s1. The quantitative estimate of drug-likeness (QED) is 0.844. The molecule has 122 valence electrons. The first-order valence-corrected chi connectivity index (χ1v) is 7.86. The molecule has 23 heavy (non-hydrogen) atoms. The minimum atomic E-state index is -0.512. The average molecular weight is 316 g/mol. The van der Waals surface area contributed by atoms with Gasteiger partial charge in [-0.3, -0.25) is 14.4 Å². The summed E-state index contributed by atoms with van der Waals surface area (Å²) in [5, 5.41) is 2.80. The number of benzene rings is 1. The molecule has 3 rings (SSSR count). The van der Waals surface area contributed by atoms with Crippen molar-refractivity contribution in [2.45, 2.75) is 25.3 Å². The third-order valence-electron chi connectivity index (χ3n) is 4.70. The zero-order valence-corrected chi connectivity index (χ0v) is 13.0. The minimum Gasteiger partial charge on any atom is -0.469 e. The van der Waals surface area contributed by atoms with Crippen LogP contribution >= 0.6 is 0 Å². The van der Waals surface area contributed by atoms with Crippen LogP contribution in [0.5, 0.6) is 0 Å². The number of anilines is 1. The van der Waals surface area contributed by atoms with Crippen LogP contribution < -0.4 is 10.2 Å². The number of ether oxygens (including phenoxy) is 1. The van der Waals surface area contributed by atoms with E-state index in [2.05, 4.69) is 5.32 Å². The van der Waals surface area contributed by atoms with E-state index in [-0.39, 0.29) is 29.6 Å². The Labute approximate surface area is 134 Å². The Bertz CT molecular complexity index is 616. The molecule has 0 bridgehead atoms. The highest BCUT2D eigenvalue weighted by Gasteiger charge is 2.44. The van der Waals surface area contributed by atoms with Crippen molar-refractivity contribution < 1.29 is 19.1 Å². The maximum atomic E-state index is 12.5. The van der Waals surface area contributed by atoms with E-state index in [1.807, 2.05) is 30.3 Å². The number of carbonyl (C=O) groups excluding carboxylic acids is 3. The lowest BCUT2D eigenvalue weighted by atomic mass is 9.73. The summed E-state index contributed by atoms with van der Waals surface area (Å²) >= 11 is 0. The molecule has 6 heteroatoms. The average Bonchev–Trinajstić information content (AvgIpc) is 2.88. The van der Waals surface area contributed by atoms with E-state index in [0.29, 0.717) is 25.8 Å². The molecule has 1 aromatic rings. The molecular formula is C17H20N2O4. The van der Waals surface area contributed by atoms with Gasteiger partial charge >= 0.3 is 5.97 Å². The summed E-state index contributed by atoms with van der Waals surface area (Å²) < 4.78 is 4.71. The summed E-state index contributed by atoms with van der Waals surface area (Å²) in [5.74, 6) is -1.42. The number of nitrogens with zero attached hydrogens (tertiary/aromatic N) is 1. The number of rotatable bonds is 4. The number of esters is 1. The first-order chi connectivity index (χ1) is 11.1. The van der Waals surface area contributed by atoms with Crippen LogP contribution in [-0.4, -0.2) is 37.5 Å². The monoisotopic (exact) mass is 316 g/mol. The van der Waals surface area contributed by atoms with Crippen LogP contribution in [0.4, 0.5) is 5.69 Å². The zero-order valence-electron chi connectivity index (χ0n) is 13.0. The van der Waals surface area contributed by atoms with Gasteiger partial charge in [-0.15, -0.1) is 0 Å². The molecule has 1 N–H and O–H groups in total. The molecule has 2 fully saturated rings. The van der Waals surface area contributed by atoms with E-state index < -0.39 is 6.04 Å². The predicted molar refractivity (Wildman–Crippen MR) is 83.6 cm³/mol. The summed E-state index contributed by atoms with van der Waals surface area (Å²) in [7, 11) is 1.33. The van der Waals surface area contributed by atoms with Crippen LogP contribution in [0.15, 0.2) is 30.3 Å². The number of hydrogen-bond donors (Lipinski definition) is 1. The van der Waals surface area contributed by atoms with Gasteiger partial charge in [-0.05, 0) is 31.4 Å². The zero-order chi connectivity index (χ0) is 16.4. The number of hydrogen-bond acceptors (Lipinski definition) is 4. The summed E-state index contributed by atoms with van der Waals surface area (Å²) in [4.78, 5) is 38.0. The molecule has 0 radical (unpaired) electrons. The Kier molecular flexibility index (Phi) is 4.32. The molecule has 1 saturated heterocycles. The topological polar surface area (TPSA) is 75.7 Å². The maximum Gasteiger partial charge on any atom is 0.309 e. The van der Waals surface area contributed by atoms with Crippen molar-refractivity contribution >= 4 is 23.5 Å². The van der Waals surface area contributed by atoms with Gasteiger partial charge in [-0.25, -0.2) is 0 Å². The van der Waals surface area contributed by atoms with E-state index in [9.17, 15) is 14.4 Å². The van der Waals surface area contributed by atoms with Gasteiger partial charge in [0.2, 0.25) is 11.8 Å². The third kappa shape index (κ3) is 2.93. The van der Waals surface area contributed by atoms with Gasteiger partial charge in [0.05, 0.1) is 18.9 Å². The predicted octanol–water partition coefficient (Wildman–Crippen LogP) is 1.11. The summed E-state index contributed by atoms with van der Waals surface area (Å²) in [6, 6.07) is 8.89. The fourth-order valence-electron chi connectivity index (χ4n) is 3.20. The number of methoxy groups -OCH3 is 1. The lowest BCUT2D eigenvalue weighted by Gasteiger charge is -2.33. The number of carbonyl (C=O) groups is 3. The Morgan fingerprint density at radius 2 is 1.83 bits per heavy atom. The molecule has 1 aliphatic heterocycles. The van der Waals surface area contributed by atoms with Crippen molar-refractivity contribution in [2.75, 3.05) is 18.6 Å². The molecule has 1 heterocycles. The summed E-state index contributed by atoms with van der Waals surface area (Å²) in [6.45, 7) is 0.582. The molecule has 0 aromatic heterocycles. The van der Waals surface area contributed by atoms with Crippen LogP contribution in [0.25, 0.3) is 0 Å². The Balaban J connectivity index is 1.60. The van der Waals surface area contributed by atoms with Gasteiger partial charge in [0.25, 0.3) is 0 Å². The van der Waals surface area contributed by atoms with Gasteiger partial charge in [-0.1, -0.05) is 18.2 Å². The molecule has 1 aromatic carbocycles. The summed E-state index contributed by atoms with van der Waals surface area (Å²) in [6.07, 6.45) is 1.91. The Morgan fingerprint density at radius 3 is 2.43 bits per heavy atom. The molecule has 2 aliphatic rings. The van der Waals surface area contributed by atoms with E-state index in [1.165, 1.54) is 7.11 Å². The van der Waals surface area contributed by atoms with Crippen LogP contribution in [-0.2, 0) is 19.1 Å².